The van der Waals surface area contributed by atoms with Crippen LogP contribution in [0.15, 0.2) is 18.2 Å². The van der Waals surface area contributed by atoms with E-state index in [2.05, 4.69) is 5.10 Å². The van der Waals surface area contributed by atoms with Gasteiger partial charge >= 0.3 is 5.97 Å². The van der Waals surface area contributed by atoms with Crippen molar-refractivity contribution in [3.63, 3.8) is 0 Å². The smallest absolute Gasteiger partial charge is 0.303 e. The van der Waals surface area contributed by atoms with Gasteiger partial charge in [0.05, 0.1) is 19.3 Å². The largest absolute Gasteiger partial charge is 0.496 e. The fourth-order valence-corrected chi connectivity index (χ4v) is 2.64. The van der Waals surface area contributed by atoms with Crippen molar-refractivity contribution in [2.75, 3.05) is 7.11 Å². The van der Waals surface area contributed by atoms with Gasteiger partial charge in [0.25, 0.3) is 0 Å². The number of hydrogen-bond acceptors (Lipinski definition) is 4. The summed E-state index contributed by atoms with van der Waals surface area (Å²) >= 11 is 0. The second kappa shape index (κ2) is 7.09. The lowest BCUT2D eigenvalue weighted by atomic mass is 10.1. The zero-order valence-electron chi connectivity index (χ0n) is 13.5. The highest BCUT2D eigenvalue weighted by atomic mass is 16.5. The molecule has 0 unspecified atom stereocenters. The Bertz CT molecular complexity index is 734. The average molecular weight is 316 g/mol. The van der Waals surface area contributed by atoms with Gasteiger partial charge in [0.1, 0.15) is 12.0 Å². The Morgan fingerprint density at radius 1 is 1.39 bits per heavy atom. The molecule has 1 aromatic heterocycles. The van der Waals surface area contributed by atoms with Crippen molar-refractivity contribution in [1.29, 1.82) is 0 Å². The van der Waals surface area contributed by atoms with Gasteiger partial charge in [-0.05, 0) is 44.0 Å². The Hall–Kier alpha value is -2.63. The number of aliphatic carboxylic acids is 1. The SMILES string of the molecule is COc1ccc(C=O)cc1Cn1nc(C)c(CCC(=O)O)c1C. The van der Waals surface area contributed by atoms with Crippen molar-refractivity contribution in [3.8, 4) is 5.75 Å². The van der Waals surface area contributed by atoms with Gasteiger partial charge in [-0.25, -0.2) is 0 Å². The van der Waals surface area contributed by atoms with Crippen LogP contribution in [0.25, 0.3) is 0 Å². The molecular formula is C17H20N2O4. The number of aldehydes is 1. The van der Waals surface area contributed by atoms with Crippen LogP contribution in [0.5, 0.6) is 5.75 Å². The van der Waals surface area contributed by atoms with Gasteiger partial charge in [0.15, 0.2) is 0 Å². The Morgan fingerprint density at radius 3 is 2.74 bits per heavy atom. The first kappa shape index (κ1) is 16.7. The molecule has 23 heavy (non-hydrogen) atoms. The van der Waals surface area contributed by atoms with Crippen molar-refractivity contribution in [3.05, 3.63) is 46.3 Å². The third-order valence-electron chi connectivity index (χ3n) is 3.88. The third kappa shape index (κ3) is 3.77. The number of ether oxygens (including phenoxy) is 1. The van der Waals surface area contributed by atoms with Gasteiger partial charge in [-0.2, -0.15) is 5.10 Å². The topological polar surface area (TPSA) is 81.4 Å². The molecule has 0 atom stereocenters. The number of aryl methyl sites for hydroxylation is 1. The molecule has 0 saturated carbocycles. The molecular weight excluding hydrogens is 296 g/mol. The van der Waals surface area contributed by atoms with Gasteiger partial charge in [-0.15, -0.1) is 0 Å². The molecule has 2 aromatic rings. The molecule has 0 aliphatic rings. The van der Waals surface area contributed by atoms with E-state index in [4.69, 9.17) is 9.84 Å². The molecule has 6 nitrogen and oxygen atoms in total. The lowest BCUT2D eigenvalue weighted by molar-refractivity contribution is -0.136. The third-order valence-corrected chi connectivity index (χ3v) is 3.88. The molecule has 0 aliphatic heterocycles. The minimum absolute atomic E-state index is 0.0807. The summed E-state index contributed by atoms with van der Waals surface area (Å²) in [5.74, 6) is -0.132. The second-order valence-corrected chi connectivity index (χ2v) is 5.39. The van der Waals surface area contributed by atoms with Crippen molar-refractivity contribution >= 4 is 12.3 Å². The summed E-state index contributed by atoms with van der Waals surface area (Å²) in [4.78, 5) is 21.7. The summed E-state index contributed by atoms with van der Waals surface area (Å²) in [6.45, 7) is 4.26. The summed E-state index contributed by atoms with van der Waals surface area (Å²) in [7, 11) is 1.58. The van der Waals surface area contributed by atoms with E-state index in [1.807, 2.05) is 18.5 Å². The minimum atomic E-state index is -0.822. The van der Waals surface area contributed by atoms with Crippen molar-refractivity contribution in [2.45, 2.75) is 33.2 Å². The molecule has 6 heteroatoms. The van der Waals surface area contributed by atoms with E-state index in [0.29, 0.717) is 24.3 Å². The number of rotatable bonds is 7. The van der Waals surface area contributed by atoms with E-state index in [9.17, 15) is 9.59 Å². The molecule has 0 spiro atoms. The molecule has 1 N–H and O–H groups in total. The Labute approximate surface area is 134 Å². The highest BCUT2D eigenvalue weighted by molar-refractivity contribution is 5.75. The number of methoxy groups -OCH3 is 1. The van der Waals surface area contributed by atoms with Crippen LogP contribution < -0.4 is 4.74 Å². The van der Waals surface area contributed by atoms with Crippen LogP contribution in [0.3, 0.4) is 0 Å². The zero-order valence-corrected chi connectivity index (χ0v) is 13.5. The second-order valence-electron chi connectivity index (χ2n) is 5.39. The normalized spacial score (nSPS) is 10.6. The molecule has 1 aromatic carbocycles. The van der Waals surface area contributed by atoms with Crippen LogP contribution in [-0.4, -0.2) is 34.3 Å². The highest BCUT2D eigenvalue weighted by Crippen LogP contribution is 2.23. The van der Waals surface area contributed by atoms with E-state index in [0.717, 1.165) is 28.8 Å². The van der Waals surface area contributed by atoms with Crippen LogP contribution in [0.4, 0.5) is 0 Å². The van der Waals surface area contributed by atoms with Crippen LogP contribution in [0.2, 0.25) is 0 Å². The van der Waals surface area contributed by atoms with Gasteiger partial charge < -0.3 is 9.84 Å². The van der Waals surface area contributed by atoms with Gasteiger partial charge in [0.2, 0.25) is 0 Å². The molecule has 0 amide bonds. The van der Waals surface area contributed by atoms with Gasteiger partial charge in [0, 0.05) is 23.2 Å². The predicted molar refractivity (Wildman–Crippen MR) is 85.1 cm³/mol. The number of carbonyl (C=O) groups is 2. The maximum atomic E-state index is 11.0. The summed E-state index contributed by atoms with van der Waals surface area (Å²) < 4.78 is 7.16. The van der Waals surface area contributed by atoms with Crippen molar-refractivity contribution < 1.29 is 19.4 Å². The number of carboxylic acid groups (broad SMARTS) is 1. The van der Waals surface area contributed by atoms with Gasteiger partial charge in [-0.3, -0.25) is 14.3 Å². The predicted octanol–water partition coefficient (Wildman–Crippen LogP) is 2.39. The van der Waals surface area contributed by atoms with Crippen LogP contribution in [-0.2, 0) is 17.8 Å². The summed E-state index contributed by atoms with van der Waals surface area (Å²) in [5, 5.41) is 13.3. The number of benzene rings is 1. The number of hydrogen-bond donors (Lipinski definition) is 1. The molecule has 0 saturated heterocycles. The fraction of sp³-hybridized carbons (Fsp3) is 0.353. The summed E-state index contributed by atoms with van der Waals surface area (Å²) in [6, 6.07) is 5.24. The quantitative estimate of drug-likeness (QED) is 0.793. The van der Waals surface area contributed by atoms with E-state index < -0.39 is 5.97 Å². The Balaban J connectivity index is 2.32. The monoisotopic (exact) mass is 316 g/mol. The Morgan fingerprint density at radius 2 is 2.13 bits per heavy atom. The van der Waals surface area contributed by atoms with Crippen LogP contribution in [0, 0.1) is 13.8 Å². The number of nitrogens with zero attached hydrogens (tertiary/aromatic N) is 2. The number of carboxylic acids is 1. The fourth-order valence-electron chi connectivity index (χ4n) is 2.64. The molecule has 0 bridgehead atoms. The lowest BCUT2D eigenvalue weighted by Crippen LogP contribution is -2.07. The molecule has 0 aliphatic carbocycles. The minimum Gasteiger partial charge on any atom is -0.496 e. The summed E-state index contributed by atoms with van der Waals surface area (Å²) in [6.07, 6.45) is 1.33. The molecule has 0 fully saturated rings. The molecule has 1 heterocycles. The zero-order chi connectivity index (χ0) is 17.0. The molecule has 122 valence electrons. The Kier molecular flexibility index (Phi) is 5.16. The first-order valence-corrected chi connectivity index (χ1v) is 7.33. The average Bonchev–Trinajstić information content (AvgIpc) is 2.79. The molecule has 0 radical (unpaired) electrons. The summed E-state index contributed by atoms with van der Waals surface area (Å²) in [5.41, 5.74) is 4.15. The van der Waals surface area contributed by atoms with E-state index in [-0.39, 0.29) is 6.42 Å². The van der Waals surface area contributed by atoms with E-state index in [1.165, 1.54) is 0 Å². The van der Waals surface area contributed by atoms with E-state index in [1.54, 1.807) is 25.3 Å². The number of carbonyl (C=O) groups excluding carboxylic acids is 1. The van der Waals surface area contributed by atoms with Gasteiger partial charge in [-0.1, -0.05) is 0 Å². The lowest BCUT2D eigenvalue weighted by Gasteiger charge is -2.11. The van der Waals surface area contributed by atoms with Crippen LogP contribution in [0.1, 0.15) is 39.3 Å². The van der Waals surface area contributed by atoms with Crippen LogP contribution >= 0.6 is 0 Å². The van der Waals surface area contributed by atoms with Crippen molar-refractivity contribution in [2.24, 2.45) is 0 Å². The van der Waals surface area contributed by atoms with E-state index >= 15 is 0 Å². The number of aromatic nitrogens is 2. The standard InChI is InChI=1S/C17H20N2O4/c1-11-15(5-7-17(21)22)12(2)19(18-11)9-14-8-13(10-20)4-6-16(14)23-3/h4,6,8,10H,5,7,9H2,1-3H3,(H,21,22). The highest BCUT2D eigenvalue weighted by Gasteiger charge is 2.14. The maximum Gasteiger partial charge on any atom is 0.303 e. The molecule has 2 rings (SSSR count). The maximum absolute atomic E-state index is 11.0. The first-order chi connectivity index (χ1) is 11.0. The van der Waals surface area contributed by atoms with Crippen molar-refractivity contribution in [1.82, 2.24) is 9.78 Å². The first-order valence-electron chi connectivity index (χ1n) is 7.33.